The highest BCUT2D eigenvalue weighted by atomic mass is 16.4. The maximum absolute atomic E-state index is 11.2. The van der Waals surface area contributed by atoms with E-state index < -0.39 is 11.5 Å². The first kappa shape index (κ1) is 14.5. The van der Waals surface area contributed by atoms with Gasteiger partial charge in [-0.25, -0.2) is 0 Å². The van der Waals surface area contributed by atoms with Gasteiger partial charge in [-0.1, -0.05) is 13.3 Å². The molecular formula is C13H26N2O2. The van der Waals surface area contributed by atoms with Gasteiger partial charge in [0.05, 0.1) is 0 Å². The van der Waals surface area contributed by atoms with Crippen LogP contribution < -0.4 is 5.32 Å². The van der Waals surface area contributed by atoms with Crippen LogP contribution in [0.3, 0.4) is 0 Å². The van der Waals surface area contributed by atoms with Crippen molar-refractivity contribution in [1.82, 2.24) is 10.2 Å². The molecule has 0 bridgehead atoms. The molecule has 0 aliphatic heterocycles. The third kappa shape index (κ3) is 3.96. The highest BCUT2D eigenvalue weighted by Gasteiger charge is 2.31. The maximum atomic E-state index is 11.2. The van der Waals surface area contributed by atoms with Gasteiger partial charge in [0.15, 0.2) is 0 Å². The summed E-state index contributed by atoms with van der Waals surface area (Å²) < 4.78 is 0. The van der Waals surface area contributed by atoms with Crippen LogP contribution in [0.4, 0.5) is 0 Å². The molecule has 1 unspecified atom stereocenters. The quantitative estimate of drug-likeness (QED) is 0.678. The van der Waals surface area contributed by atoms with Crippen LogP contribution in [0.2, 0.25) is 0 Å². The molecule has 0 heterocycles. The van der Waals surface area contributed by atoms with Crippen molar-refractivity contribution in [3.05, 3.63) is 0 Å². The summed E-state index contributed by atoms with van der Waals surface area (Å²) in [7, 11) is 1.72. The van der Waals surface area contributed by atoms with Gasteiger partial charge in [-0.3, -0.25) is 4.79 Å². The minimum atomic E-state index is -0.799. The summed E-state index contributed by atoms with van der Waals surface area (Å²) in [4.78, 5) is 13.5. The molecule has 1 fully saturated rings. The molecule has 0 spiro atoms. The normalized spacial score (nSPS) is 20.0. The second-order valence-electron chi connectivity index (χ2n) is 5.33. The van der Waals surface area contributed by atoms with E-state index in [9.17, 15) is 9.90 Å². The molecule has 4 heteroatoms. The van der Waals surface area contributed by atoms with Crippen LogP contribution in [0.25, 0.3) is 0 Å². The Bertz CT molecular complexity index is 254. The van der Waals surface area contributed by atoms with Crippen molar-refractivity contribution >= 4 is 5.97 Å². The van der Waals surface area contributed by atoms with E-state index in [1.54, 1.807) is 14.0 Å². The molecule has 4 nitrogen and oxygen atoms in total. The van der Waals surface area contributed by atoms with Gasteiger partial charge in [-0.2, -0.15) is 0 Å². The fourth-order valence-electron chi connectivity index (χ4n) is 2.14. The van der Waals surface area contributed by atoms with E-state index in [1.807, 2.05) is 0 Å². The molecule has 0 aromatic heterocycles. The Hall–Kier alpha value is -0.610. The number of hydrogen-bond acceptors (Lipinski definition) is 3. The Labute approximate surface area is 104 Å². The number of carboxylic acids is 1. The number of carbonyl (C=O) groups is 1. The Morgan fingerprint density at radius 2 is 2.18 bits per heavy atom. The number of aliphatic carboxylic acids is 1. The molecule has 0 aromatic carbocycles. The first-order chi connectivity index (χ1) is 8.01. The van der Waals surface area contributed by atoms with E-state index in [1.165, 1.54) is 19.3 Å². The number of nitrogens with one attached hydrogen (secondary N) is 1. The highest BCUT2D eigenvalue weighted by Crippen LogP contribution is 2.27. The fraction of sp³-hybridized carbons (Fsp3) is 0.923. The van der Waals surface area contributed by atoms with Gasteiger partial charge < -0.3 is 15.3 Å². The average molecular weight is 242 g/mol. The van der Waals surface area contributed by atoms with Crippen molar-refractivity contribution in [3.63, 3.8) is 0 Å². The molecule has 1 rings (SSSR count). The zero-order valence-electron chi connectivity index (χ0n) is 11.3. The van der Waals surface area contributed by atoms with Gasteiger partial charge in [0.1, 0.15) is 5.54 Å². The fourth-order valence-corrected chi connectivity index (χ4v) is 2.14. The van der Waals surface area contributed by atoms with Gasteiger partial charge in [-0.15, -0.1) is 0 Å². The van der Waals surface area contributed by atoms with Crippen molar-refractivity contribution in [2.45, 2.75) is 45.1 Å². The predicted molar refractivity (Wildman–Crippen MR) is 69.2 cm³/mol. The molecule has 100 valence electrons. The molecular weight excluding hydrogens is 216 g/mol. The maximum Gasteiger partial charge on any atom is 0.323 e. The Morgan fingerprint density at radius 1 is 1.53 bits per heavy atom. The van der Waals surface area contributed by atoms with Crippen LogP contribution in [0.5, 0.6) is 0 Å². The van der Waals surface area contributed by atoms with Gasteiger partial charge in [0.25, 0.3) is 0 Å². The van der Waals surface area contributed by atoms with Gasteiger partial charge >= 0.3 is 5.97 Å². The number of nitrogens with zero attached hydrogens (tertiary/aromatic N) is 1. The van der Waals surface area contributed by atoms with Crippen LogP contribution >= 0.6 is 0 Å². The standard InChI is InChI=1S/C13H26N2O2/c1-4-15(10-11-6-5-7-11)9-8-13(2,14-3)12(16)17/h11,14H,4-10H2,1-3H3,(H,16,17). The minimum absolute atomic E-state index is 0.652. The SMILES string of the molecule is CCN(CCC(C)(NC)C(=O)O)CC1CCC1. The van der Waals surface area contributed by atoms with E-state index in [0.717, 1.165) is 25.6 Å². The Balaban J connectivity index is 2.37. The van der Waals surface area contributed by atoms with E-state index in [4.69, 9.17) is 0 Å². The Morgan fingerprint density at radius 3 is 2.53 bits per heavy atom. The Kier molecular flexibility index (Phi) is 5.40. The molecule has 1 aliphatic rings. The summed E-state index contributed by atoms with van der Waals surface area (Å²) in [6.45, 7) is 6.91. The lowest BCUT2D eigenvalue weighted by Gasteiger charge is -2.33. The van der Waals surface area contributed by atoms with Crippen molar-refractivity contribution in [3.8, 4) is 0 Å². The molecule has 1 saturated carbocycles. The van der Waals surface area contributed by atoms with Crippen molar-refractivity contribution < 1.29 is 9.90 Å². The monoisotopic (exact) mass is 242 g/mol. The largest absolute Gasteiger partial charge is 0.480 e. The summed E-state index contributed by atoms with van der Waals surface area (Å²) in [6, 6.07) is 0. The van der Waals surface area contributed by atoms with Crippen molar-refractivity contribution in [2.75, 3.05) is 26.7 Å². The second kappa shape index (κ2) is 6.36. The summed E-state index contributed by atoms with van der Waals surface area (Å²) in [6.07, 6.45) is 4.71. The molecule has 0 radical (unpaired) electrons. The molecule has 17 heavy (non-hydrogen) atoms. The van der Waals surface area contributed by atoms with Gasteiger partial charge in [0.2, 0.25) is 0 Å². The summed E-state index contributed by atoms with van der Waals surface area (Å²) in [5.41, 5.74) is -0.799. The molecule has 0 amide bonds. The lowest BCUT2D eigenvalue weighted by atomic mass is 9.85. The molecule has 1 aliphatic carbocycles. The first-order valence-electron chi connectivity index (χ1n) is 6.66. The first-order valence-corrected chi connectivity index (χ1v) is 6.66. The van der Waals surface area contributed by atoms with Gasteiger partial charge in [-0.05, 0) is 45.7 Å². The minimum Gasteiger partial charge on any atom is -0.480 e. The average Bonchev–Trinajstić information content (AvgIpc) is 2.26. The predicted octanol–water partition coefficient (Wildman–Crippen LogP) is 1.56. The molecule has 0 aromatic rings. The molecule has 0 saturated heterocycles. The highest BCUT2D eigenvalue weighted by molar-refractivity contribution is 5.78. The van der Waals surface area contributed by atoms with Crippen LogP contribution in [0.1, 0.15) is 39.5 Å². The van der Waals surface area contributed by atoms with Gasteiger partial charge in [0, 0.05) is 13.1 Å². The van der Waals surface area contributed by atoms with E-state index in [2.05, 4.69) is 17.1 Å². The van der Waals surface area contributed by atoms with Crippen LogP contribution in [0.15, 0.2) is 0 Å². The third-order valence-corrected chi connectivity index (χ3v) is 4.14. The lowest BCUT2D eigenvalue weighted by molar-refractivity contribution is -0.144. The second-order valence-corrected chi connectivity index (χ2v) is 5.33. The zero-order chi connectivity index (χ0) is 12.9. The van der Waals surface area contributed by atoms with Crippen LogP contribution in [0, 0.1) is 5.92 Å². The topological polar surface area (TPSA) is 52.6 Å². The summed E-state index contributed by atoms with van der Waals surface area (Å²) in [5, 5.41) is 12.1. The van der Waals surface area contributed by atoms with E-state index >= 15 is 0 Å². The number of carboxylic acid groups (broad SMARTS) is 1. The number of likely N-dealkylation sites (N-methyl/N-ethyl adjacent to an activating group) is 1. The number of rotatable bonds is 8. The van der Waals surface area contributed by atoms with E-state index in [-0.39, 0.29) is 0 Å². The van der Waals surface area contributed by atoms with Crippen molar-refractivity contribution in [2.24, 2.45) is 5.92 Å². The molecule has 1 atom stereocenters. The summed E-state index contributed by atoms with van der Waals surface area (Å²) in [5.74, 6) is 0.0836. The third-order valence-electron chi connectivity index (χ3n) is 4.14. The summed E-state index contributed by atoms with van der Waals surface area (Å²) >= 11 is 0. The number of hydrogen-bond donors (Lipinski definition) is 2. The lowest BCUT2D eigenvalue weighted by Crippen LogP contribution is -2.50. The van der Waals surface area contributed by atoms with Crippen molar-refractivity contribution in [1.29, 1.82) is 0 Å². The van der Waals surface area contributed by atoms with Crippen LogP contribution in [-0.4, -0.2) is 48.2 Å². The zero-order valence-corrected chi connectivity index (χ0v) is 11.3. The van der Waals surface area contributed by atoms with Crippen LogP contribution in [-0.2, 0) is 4.79 Å². The van der Waals surface area contributed by atoms with E-state index in [0.29, 0.717) is 6.42 Å². The smallest absolute Gasteiger partial charge is 0.323 e. The molecule has 2 N–H and O–H groups in total.